The molecule has 2 aliphatic heterocycles. The van der Waals surface area contributed by atoms with Crippen molar-refractivity contribution in [2.75, 3.05) is 32.7 Å². The summed E-state index contributed by atoms with van der Waals surface area (Å²) in [6.07, 6.45) is 5.21. The number of piperidine rings is 2. The van der Waals surface area contributed by atoms with Crippen LogP contribution in [0.25, 0.3) is 22.4 Å². The molecule has 0 atom stereocenters. The van der Waals surface area contributed by atoms with Crippen LogP contribution in [0.4, 0.5) is 0 Å². The van der Waals surface area contributed by atoms with E-state index in [-0.39, 0.29) is 0 Å². The summed E-state index contributed by atoms with van der Waals surface area (Å²) in [5.41, 5.74) is 8.20. The van der Waals surface area contributed by atoms with Gasteiger partial charge in [0.05, 0.1) is 11.0 Å². The fourth-order valence-corrected chi connectivity index (χ4v) is 6.24. The molecule has 1 N–H and O–H groups in total. The Morgan fingerprint density at radius 2 is 1.56 bits per heavy atom. The van der Waals surface area contributed by atoms with E-state index in [1.165, 1.54) is 69.5 Å². The maximum Gasteiger partial charge on any atom is 0.138 e. The van der Waals surface area contributed by atoms with Crippen molar-refractivity contribution in [3.8, 4) is 11.4 Å². The summed E-state index contributed by atoms with van der Waals surface area (Å²) in [5.74, 6) is 2.37. The van der Waals surface area contributed by atoms with Crippen LogP contribution in [-0.4, -0.2) is 63.5 Å². The van der Waals surface area contributed by atoms with Gasteiger partial charge in [0, 0.05) is 29.5 Å². The quantitative estimate of drug-likeness (QED) is 0.520. The lowest BCUT2D eigenvalue weighted by atomic mass is 9.87. The number of aromatic nitrogens is 3. The van der Waals surface area contributed by atoms with Gasteiger partial charge in [-0.05, 0) is 114 Å². The third-order valence-electron chi connectivity index (χ3n) is 7.85. The van der Waals surface area contributed by atoms with Crippen molar-refractivity contribution >= 4 is 11.0 Å². The Morgan fingerprint density at radius 3 is 2.21 bits per heavy atom. The van der Waals surface area contributed by atoms with Crippen LogP contribution in [0.15, 0.2) is 24.3 Å². The Hall–Kier alpha value is -2.24. The van der Waals surface area contributed by atoms with Crippen molar-refractivity contribution in [1.82, 2.24) is 24.8 Å². The first-order valence-corrected chi connectivity index (χ1v) is 13.3. The highest BCUT2D eigenvalue weighted by Gasteiger charge is 2.29. The minimum absolute atomic E-state index is 0.651. The van der Waals surface area contributed by atoms with E-state index in [0.717, 1.165) is 45.8 Å². The molecule has 0 radical (unpaired) electrons. The van der Waals surface area contributed by atoms with Gasteiger partial charge in [-0.25, -0.2) is 4.98 Å². The van der Waals surface area contributed by atoms with Crippen LogP contribution >= 0.6 is 0 Å². The van der Waals surface area contributed by atoms with E-state index < -0.39 is 0 Å². The summed E-state index contributed by atoms with van der Waals surface area (Å²) in [5, 5.41) is 0. The van der Waals surface area contributed by atoms with Crippen LogP contribution in [0.3, 0.4) is 0 Å². The van der Waals surface area contributed by atoms with E-state index in [0.29, 0.717) is 5.92 Å². The highest BCUT2D eigenvalue weighted by atomic mass is 15.2. The number of rotatable bonds is 5. The summed E-state index contributed by atoms with van der Waals surface area (Å²) in [4.78, 5) is 18.5. The lowest BCUT2D eigenvalue weighted by Crippen LogP contribution is -2.48. The van der Waals surface area contributed by atoms with Crippen molar-refractivity contribution in [3.63, 3.8) is 0 Å². The molecule has 2 aliphatic rings. The van der Waals surface area contributed by atoms with Gasteiger partial charge in [-0.1, -0.05) is 19.9 Å². The third kappa shape index (κ3) is 5.06. The van der Waals surface area contributed by atoms with Crippen molar-refractivity contribution in [2.45, 2.75) is 72.3 Å². The second-order valence-corrected chi connectivity index (χ2v) is 11.2. The van der Waals surface area contributed by atoms with Gasteiger partial charge in [0.15, 0.2) is 0 Å². The maximum atomic E-state index is 4.95. The fourth-order valence-electron chi connectivity index (χ4n) is 6.24. The van der Waals surface area contributed by atoms with E-state index in [1.807, 2.05) is 13.8 Å². The summed E-state index contributed by atoms with van der Waals surface area (Å²) in [7, 11) is 0. The number of aryl methyl sites for hydroxylation is 3. The molecular weight excluding hydrogens is 418 g/mol. The predicted molar refractivity (Wildman–Crippen MR) is 141 cm³/mol. The Morgan fingerprint density at radius 1 is 0.882 bits per heavy atom. The molecule has 4 heterocycles. The number of aromatic amines is 1. The standard InChI is InChI=1S/C29H41N5/c1-19(2)18-33-10-8-26(9-11-33)34-12-6-23(7-13-34)24-14-20(3)28-27(17-24)31-29(32-28)25-15-21(4)30-22(5)16-25/h14-17,19,23,26H,6-13,18H2,1-5H3,(H,31,32). The number of likely N-dealkylation sites (tertiary alicyclic amines) is 2. The molecular formula is C29H41N5. The molecule has 5 heteroatoms. The van der Waals surface area contributed by atoms with E-state index in [4.69, 9.17) is 4.98 Å². The van der Waals surface area contributed by atoms with Gasteiger partial charge in [-0.15, -0.1) is 0 Å². The van der Waals surface area contributed by atoms with E-state index in [1.54, 1.807) is 0 Å². The van der Waals surface area contributed by atoms with Crippen LogP contribution in [-0.2, 0) is 0 Å². The molecule has 3 aromatic rings. The molecule has 0 unspecified atom stereocenters. The first-order chi connectivity index (χ1) is 16.4. The second kappa shape index (κ2) is 9.79. The monoisotopic (exact) mass is 459 g/mol. The van der Waals surface area contributed by atoms with Crippen LogP contribution in [0, 0.1) is 26.7 Å². The zero-order valence-electron chi connectivity index (χ0n) is 21.7. The van der Waals surface area contributed by atoms with E-state index >= 15 is 0 Å². The molecule has 0 aliphatic carbocycles. The van der Waals surface area contributed by atoms with Crippen LogP contribution in [0.1, 0.15) is 68.0 Å². The molecule has 2 fully saturated rings. The lowest BCUT2D eigenvalue weighted by molar-refractivity contribution is 0.0828. The highest BCUT2D eigenvalue weighted by Crippen LogP contribution is 2.34. The van der Waals surface area contributed by atoms with Gasteiger partial charge in [0.1, 0.15) is 5.82 Å². The van der Waals surface area contributed by atoms with Crippen LogP contribution in [0.2, 0.25) is 0 Å². The van der Waals surface area contributed by atoms with Gasteiger partial charge in [0.2, 0.25) is 0 Å². The van der Waals surface area contributed by atoms with Gasteiger partial charge in [-0.3, -0.25) is 4.98 Å². The number of fused-ring (bicyclic) bond motifs is 1. The molecule has 5 rings (SSSR count). The van der Waals surface area contributed by atoms with Crippen molar-refractivity contribution in [3.05, 3.63) is 46.8 Å². The van der Waals surface area contributed by atoms with Crippen LogP contribution in [0.5, 0.6) is 0 Å². The lowest BCUT2D eigenvalue weighted by Gasteiger charge is -2.42. The number of benzene rings is 1. The molecule has 34 heavy (non-hydrogen) atoms. The zero-order valence-corrected chi connectivity index (χ0v) is 21.7. The Bertz CT molecular complexity index is 1110. The zero-order chi connectivity index (χ0) is 23.8. The summed E-state index contributed by atoms with van der Waals surface area (Å²) >= 11 is 0. The SMILES string of the molecule is Cc1cc(-c2nc3c(C)cc(C4CCN(C5CCN(CC(C)C)CC5)CC4)cc3[nH]2)cc(C)n1. The fraction of sp³-hybridized carbons (Fsp3) is 0.586. The average molecular weight is 460 g/mol. The Labute approximate surface area is 205 Å². The summed E-state index contributed by atoms with van der Waals surface area (Å²) in [6, 6.07) is 9.77. The normalized spacial score (nSPS) is 19.5. The molecule has 2 saturated heterocycles. The Balaban J connectivity index is 1.26. The number of nitrogens with one attached hydrogen (secondary N) is 1. The van der Waals surface area contributed by atoms with Crippen LogP contribution < -0.4 is 0 Å². The number of hydrogen-bond donors (Lipinski definition) is 1. The highest BCUT2D eigenvalue weighted by molar-refractivity contribution is 5.83. The molecule has 0 saturated carbocycles. The molecule has 2 aromatic heterocycles. The van der Waals surface area contributed by atoms with Gasteiger partial charge in [-0.2, -0.15) is 0 Å². The molecule has 0 amide bonds. The molecule has 1 aromatic carbocycles. The number of hydrogen-bond acceptors (Lipinski definition) is 4. The number of nitrogens with zero attached hydrogens (tertiary/aromatic N) is 4. The largest absolute Gasteiger partial charge is 0.338 e. The number of pyridine rings is 1. The second-order valence-electron chi connectivity index (χ2n) is 11.2. The van der Waals surface area contributed by atoms with Gasteiger partial charge in [0.25, 0.3) is 0 Å². The third-order valence-corrected chi connectivity index (χ3v) is 7.85. The van der Waals surface area contributed by atoms with E-state index in [9.17, 15) is 0 Å². The molecule has 0 bridgehead atoms. The van der Waals surface area contributed by atoms with Crippen molar-refractivity contribution in [2.24, 2.45) is 5.92 Å². The van der Waals surface area contributed by atoms with Crippen molar-refractivity contribution < 1.29 is 0 Å². The average Bonchev–Trinajstić information content (AvgIpc) is 3.24. The van der Waals surface area contributed by atoms with E-state index in [2.05, 4.69) is 64.8 Å². The van der Waals surface area contributed by atoms with Crippen molar-refractivity contribution in [1.29, 1.82) is 0 Å². The molecule has 182 valence electrons. The Kier molecular flexibility index (Phi) is 6.76. The summed E-state index contributed by atoms with van der Waals surface area (Å²) in [6.45, 7) is 17.2. The topological polar surface area (TPSA) is 48.1 Å². The number of H-pyrrole nitrogens is 1. The molecule has 5 nitrogen and oxygen atoms in total. The molecule has 0 spiro atoms. The summed E-state index contributed by atoms with van der Waals surface area (Å²) < 4.78 is 0. The first kappa shape index (κ1) is 23.5. The van der Waals surface area contributed by atoms with Gasteiger partial charge < -0.3 is 14.8 Å². The maximum absolute atomic E-state index is 4.95. The first-order valence-electron chi connectivity index (χ1n) is 13.3. The predicted octanol–water partition coefficient (Wildman–Crippen LogP) is 5.85. The minimum Gasteiger partial charge on any atom is -0.338 e. The number of imidazole rings is 1. The smallest absolute Gasteiger partial charge is 0.138 e. The van der Waals surface area contributed by atoms with Gasteiger partial charge >= 0.3 is 0 Å². The minimum atomic E-state index is 0.651.